The maximum Gasteiger partial charge on any atom is 0.171 e. The van der Waals surface area contributed by atoms with Crippen LogP contribution in [0.3, 0.4) is 0 Å². The Hall–Kier alpha value is -0.750. The molecule has 1 aliphatic carbocycles. The summed E-state index contributed by atoms with van der Waals surface area (Å²) in [6.07, 6.45) is 2.12. The van der Waals surface area contributed by atoms with Gasteiger partial charge in [0, 0.05) is 18.6 Å². The molecule has 1 saturated carbocycles. The fourth-order valence-corrected chi connectivity index (χ4v) is 3.88. The molecule has 1 aromatic rings. The minimum Gasteiger partial charge on any atom is -0.294 e. The first-order chi connectivity index (χ1) is 7.93. The van der Waals surface area contributed by atoms with E-state index in [9.17, 15) is 13.2 Å². The molecule has 1 aromatic heterocycles. The molecule has 0 atom stereocenters. The van der Waals surface area contributed by atoms with Crippen LogP contribution in [0, 0.1) is 0 Å². The zero-order chi connectivity index (χ0) is 12.6. The topological polar surface area (TPSA) is 64.1 Å². The lowest BCUT2D eigenvalue weighted by Crippen LogP contribution is -2.06. The standard InChI is InChI=1S/C11H15NO3S2/c1-3-17(14,15)6-9-12-10(8-4-5-8)11(16-9)7(2)13/h8H,3-6H2,1-2H3. The molecule has 0 unspecified atom stereocenters. The van der Waals surface area contributed by atoms with Gasteiger partial charge in [-0.15, -0.1) is 11.3 Å². The Morgan fingerprint density at radius 3 is 2.59 bits per heavy atom. The third kappa shape index (κ3) is 2.93. The molecular weight excluding hydrogens is 258 g/mol. The molecule has 0 aromatic carbocycles. The molecule has 6 heteroatoms. The van der Waals surface area contributed by atoms with E-state index in [1.54, 1.807) is 6.92 Å². The zero-order valence-electron chi connectivity index (χ0n) is 9.89. The molecule has 2 rings (SSSR count). The summed E-state index contributed by atoms with van der Waals surface area (Å²) in [7, 11) is -3.07. The van der Waals surface area contributed by atoms with Crippen LogP contribution in [0.2, 0.25) is 0 Å². The summed E-state index contributed by atoms with van der Waals surface area (Å²) in [6, 6.07) is 0. The highest BCUT2D eigenvalue weighted by Crippen LogP contribution is 2.42. The summed E-state index contributed by atoms with van der Waals surface area (Å²) in [5, 5.41) is 0.555. The second-order valence-corrected chi connectivity index (χ2v) is 7.77. The van der Waals surface area contributed by atoms with E-state index in [1.807, 2.05) is 0 Å². The van der Waals surface area contributed by atoms with Crippen LogP contribution < -0.4 is 0 Å². The van der Waals surface area contributed by atoms with E-state index < -0.39 is 9.84 Å². The van der Waals surface area contributed by atoms with Crippen LogP contribution in [-0.4, -0.2) is 24.9 Å². The van der Waals surface area contributed by atoms with Gasteiger partial charge in [-0.05, 0) is 12.8 Å². The van der Waals surface area contributed by atoms with Crippen molar-refractivity contribution in [3.63, 3.8) is 0 Å². The van der Waals surface area contributed by atoms with Crippen molar-refractivity contribution in [1.82, 2.24) is 4.98 Å². The van der Waals surface area contributed by atoms with Crippen molar-refractivity contribution < 1.29 is 13.2 Å². The van der Waals surface area contributed by atoms with E-state index in [0.717, 1.165) is 18.5 Å². The Morgan fingerprint density at radius 2 is 2.12 bits per heavy atom. The van der Waals surface area contributed by atoms with E-state index in [-0.39, 0.29) is 17.3 Å². The third-order valence-corrected chi connectivity index (χ3v) is 5.71. The molecule has 0 amide bonds. The zero-order valence-corrected chi connectivity index (χ0v) is 11.5. The molecule has 1 heterocycles. The number of ketones is 1. The Morgan fingerprint density at radius 1 is 1.47 bits per heavy atom. The molecular formula is C11H15NO3S2. The molecule has 94 valence electrons. The summed E-state index contributed by atoms with van der Waals surface area (Å²) in [4.78, 5) is 16.5. The van der Waals surface area contributed by atoms with Crippen LogP contribution in [0.1, 0.15) is 53.0 Å². The molecule has 1 fully saturated rings. The highest BCUT2D eigenvalue weighted by molar-refractivity contribution is 7.90. The van der Waals surface area contributed by atoms with E-state index in [4.69, 9.17) is 0 Å². The summed E-state index contributed by atoms with van der Waals surface area (Å²) in [6.45, 7) is 3.13. The number of Topliss-reactive ketones (excluding diaryl/α,β-unsaturated/α-hetero) is 1. The number of hydrogen-bond acceptors (Lipinski definition) is 5. The van der Waals surface area contributed by atoms with Crippen molar-refractivity contribution in [1.29, 1.82) is 0 Å². The number of rotatable bonds is 5. The number of sulfone groups is 1. The van der Waals surface area contributed by atoms with Crippen LogP contribution in [0.5, 0.6) is 0 Å². The number of carbonyl (C=O) groups is 1. The quantitative estimate of drug-likeness (QED) is 0.771. The van der Waals surface area contributed by atoms with Crippen molar-refractivity contribution in [3.8, 4) is 0 Å². The Balaban J connectivity index is 2.31. The van der Waals surface area contributed by atoms with Crippen molar-refractivity contribution >= 4 is 27.0 Å². The minimum atomic E-state index is -3.07. The molecule has 0 saturated heterocycles. The number of nitrogens with zero attached hydrogens (tertiary/aromatic N) is 1. The SMILES string of the molecule is CCS(=O)(=O)Cc1nc(C2CC2)c(C(C)=O)s1. The van der Waals surface area contributed by atoms with Gasteiger partial charge in [-0.1, -0.05) is 6.92 Å². The van der Waals surface area contributed by atoms with Gasteiger partial charge in [0.2, 0.25) is 0 Å². The Kier molecular flexibility index (Phi) is 3.36. The van der Waals surface area contributed by atoms with Gasteiger partial charge in [0.1, 0.15) is 10.8 Å². The molecule has 0 N–H and O–H groups in total. The first kappa shape index (κ1) is 12.7. The predicted molar refractivity (Wildman–Crippen MR) is 67.3 cm³/mol. The minimum absolute atomic E-state index is 0.00968. The van der Waals surface area contributed by atoms with Gasteiger partial charge in [0.05, 0.1) is 10.6 Å². The number of carbonyl (C=O) groups excluding carboxylic acids is 1. The first-order valence-corrected chi connectivity index (χ1v) is 8.27. The summed E-state index contributed by atoms with van der Waals surface area (Å²) in [5.41, 5.74) is 0.823. The molecule has 0 aliphatic heterocycles. The third-order valence-electron chi connectivity index (χ3n) is 2.76. The highest BCUT2D eigenvalue weighted by Gasteiger charge is 2.31. The van der Waals surface area contributed by atoms with Crippen molar-refractivity contribution in [2.24, 2.45) is 0 Å². The van der Waals surface area contributed by atoms with Gasteiger partial charge in [0.25, 0.3) is 0 Å². The normalized spacial score (nSPS) is 16.1. The lowest BCUT2D eigenvalue weighted by atomic mass is 10.2. The van der Waals surface area contributed by atoms with E-state index >= 15 is 0 Å². The maximum absolute atomic E-state index is 11.5. The molecule has 0 spiro atoms. The van der Waals surface area contributed by atoms with Crippen molar-refractivity contribution in [2.75, 3.05) is 5.75 Å². The second-order valence-electron chi connectivity index (χ2n) is 4.33. The van der Waals surface area contributed by atoms with E-state index in [1.165, 1.54) is 18.3 Å². The summed E-state index contributed by atoms with van der Waals surface area (Å²) < 4.78 is 23.1. The molecule has 0 bridgehead atoms. The molecule has 0 radical (unpaired) electrons. The van der Waals surface area contributed by atoms with Gasteiger partial charge in [0.15, 0.2) is 15.6 Å². The maximum atomic E-state index is 11.5. The second kappa shape index (κ2) is 4.49. The largest absolute Gasteiger partial charge is 0.294 e. The average Bonchev–Trinajstić information content (AvgIpc) is 3.00. The van der Waals surface area contributed by atoms with E-state index in [2.05, 4.69) is 4.98 Å². The number of hydrogen-bond donors (Lipinski definition) is 0. The Labute approximate surface area is 105 Å². The molecule has 4 nitrogen and oxygen atoms in total. The fraction of sp³-hybridized carbons (Fsp3) is 0.636. The number of aromatic nitrogens is 1. The van der Waals surface area contributed by atoms with Gasteiger partial charge >= 0.3 is 0 Å². The molecule has 17 heavy (non-hydrogen) atoms. The van der Waals surface area contributed by atoms with Gasteiger partial charge < -0.3 is 0 Å². The van der Waals surface area contributed by atoms with Crippen LogP contribution in [0.15, 0.2) is 0 Å². The lowest BCUT2D eigenvalue weighted by molar-refractivity contribution is 0.102. The fourth-order valence-electron chi connectivity index (χ4n) is 1.62. The van der Waals surface area contributed by atoms with Crippen molar-refractivity contribution in [3.05, 3.63) is 15.6 Å². The van der Waals surface area contributed by atoms with Gasteiger partial charge in [-0.2, -0.15) is 0 Å². The van der Waals surface area contributed by atoms with Crippen LogP contribution >= 0.6 is 11.3 Å². The Bertz CT molecular complexity index is 541. The van der Waals surface area contributed by atoms with E-state index in [0.29, 0.717) is 15.8 Å². The first-order valence-electron chi connectivity index (χ1n) is 5.64. The van der Waals surface area contributed by atoms with Gasteiger partial charge in [-0.3, -0.25) is 4.79 Å². The average molecular weight is 273 g/mol. The van der Waals surface area contributed by atoms with Crippen LogP contribution in [-0.2, 0) is 15.6 Å². The smallest absolute Gasteiger partial charge is 0.171 e. The summed E-state index contributed by atoms with van der Waals surface area (Å²) in [5.74, 6) is 0.440. The van der Waals surface area contributed by atoms with Crippen molar-refractivity contribution in [2.45, 2.75) is 38.4 Å². The van der Waals surface area contributed by atoms with Gasteiger partial charge in [-0.25, -0.2) is 13.4 Å². The number of thiazole rings is 1. The summed E-state index contributed by atoms with van der Waals surface area (Å²) >= 11 is 1.24. The van der Waals surface area contributed by atoms with Crippen LogP contribution in [0.4, 0.5) is 0 Å². The highest BCUT2D eigenvalue weighted by atomic mass is 32.2. The lowest BCUT2D eigenvalue weighted by Gasteiger charge is -1.95. The molecule has 1 aliphatic rings. The van der Waals surface area contributed by atoms with Crippen LogP contribution in [0.25, 0.3) is 0 Å². The predicted octanol–water partition coefficient (Wildman–Crippen LogP) is 2.16. The monoisotopic (exact) mass is 273 g/mol.